The van der Waals surface area contributed by atoms with Crippen molar-refractivity contribution in [3.05, 3.63) is 11.4 Å². The summed E-state index contributed by atoms with van der Waals surface area (Å²) < 4.78 is 7.31. The summed E-state index contributed by atoms with van der Waals surface area (Å²) in [5.41, 5.74) is 2.31. The van der Waals surface area contributed by atoms with Crippen LogP contribution in [0, 0.1) is 13.8 Å². The molecule has 0 aromatic carbocycles. The van der Waals surface area contributed by atoms with E-state index < -0.39 is 0 Å². The quantitative estimate of drug-likeness (QED) is 0.619. The van der Waals surface area contributed by atoms with Gasteiger partial charge in [0, 0.05) is 25.4 Å². The van der Waals surface area contributed by atoms with Gasteiger partial charge in [0.15, 0.2) is 5.16 Å². The first-order valence-electron chi connectivity index (χ1n) is 8.03. The minimum absolute atomic E-state index is 0.0401. The summed E-state index contributed by atoms with van der Waals surface area (Å²) in [6.07, 6.45) is 5.02. The van der Waals surface area contributed by atoms with Gasteiger partial charge in [-0.15, -0.1) is 0 Å². The molecule has 1 fully saturated rings. The van der Waals surface area contributed by atoms with Gasteiger partial charge in [0.2, 0.25) is 5.91 Å². The zero-order valence-corrected chi connectivity index (χ0v) is 14.8. The second-order valence-corrected chi connectivity index (χ2v) is 7.23. The lowest BCUT2D eigenvalue weighted by Gasteiger charge is -2.18. The van der Waals surface area contributed by atoms with E-state index in [1.165, 1.54) is 31.4 Å². The fourth-order valence-corrected chi connectivity index (χ4v) is 4.00. The third-order valence-corrected chi connectivity index (χ3v) is 5.37. The summed E-state index contributed by atoms with van der Waals surface area (Å²) in [5, 5.41) is 3.72. The standard InChI is InChI=1S/C16H27N3O2S/c1-11-12(2)19(14-7-5-6-8-14)16(18-11)22-13(3)15(20)17-9-10-21-4/h13-14H,5-10H2,1-4H3,(H,17,20)/t13-/m0/s1. The van der Waals surface area contributed by atoms with E-state index >= 15 is 0 Å². The fraction of sp³-hybridized carbons (Fsp3) is 0.750. The lowest BCUT2D eigenvalue weighted by molar-refractivity contribution is -0.120. The highest BCUT2D eigenvalue weighted by atomic mass is 32.2. The number of aryl methyl sites for hydroxylation is 1. The summed E-state index contributed by atoms with van der Waals surface area (Å²) in [4.78, 5) is 16.8. The van der Waals surface area contributed by atoms with Crippen molar-refractivity contribution in [1.82, 2.24) is 14.9 Å². The van der Waals surface area contributed by atoms with Crippen molar-refractivity contribution in [1.29, 1.82) is 0 Å². The van der Waals surface area contributed by atoms with Crippen LogP contribution in [-0.4, -0.2) is 41.0 Å². The van der Waals surface area contributed by atoms with Crippen molar-refractivity contribution in [2.45, 2.75) is 62.9 Å². The second kappa shape index (κ2) is 8.02. The van der Waals surface area contributed by atoms with Crippen LogP contribution in [0.4, 0.5) is 0 Å². The molecule has 0 bridgehead atoms. The SMILES string of the molecule is COCCNC(=O)[C@H](C)Sc1nc(C)c(C)n1C1CCCC1. The third-order valence-electron chi connectivity index (χ3n) is 4.30. The summed E-state index contributed by atoms with van der Waals surface area (Å²) in [6, 6.07) is 0.549. The van der Waals surface area contributed by atoms with Gasteiger partial charge in [-0.05, 0) is 33.6 Å². The molecule has 1 atom stereocenters. The Balaban J connectivity index is 2.05. The largest absolute Gasteiger partial charge is 0.383 e. The molecule has 1 aliphatic rings. The predicted octanol–water partition coefficient (Wildman–Crippen LogP) is 2.86. The van der Waals surface area contributed by atoms with Gasteiger partial charge < -0.3 is 14.6 Å². The molecule has 0 aliphatic heterocycles. The van der Waals surface area contributed by atoms with Crippen LogP contribution in [0.2, 0.25) is 0 Å². The average molecular weight is 325 g/mol. The van der Waals surface area contributed by atoms with Crippen molar-refractivity contribution in [3.63, 3.8) is 0 Å². The monoisotopic (exact) mass is 325 g/mol. The van der Waals surface area contributed by atoms with Crippen LogP contribution in [0.1, 0.15) is 50.0 Å². The number of hydrogen-bond donors (Lipinski definition) is 1. The number of hydrogen-bond acceptors (Lipinski definition) is 4. The van der Waals surface area contributed by atoms with Crippen molar-refractivity contribution in [3.8, 4) is 0 Å². The normalized spacial score (nSPS) is 16.9. The maximum atomic E-state index is 12.1. The minimum atomic E-state index is -0.154. The van der Waals surface area contributed by atoms with E-state index in [4.69, 9.17) is 9.72 Å². The van der Waals surface area contributed by atoms with E-state index in [1.54, 1.807) is 18.9 Å². The lowest BCUT2D eigenvalue weighted by Crippen LogP contribution is -2.33. The van der Waals surface area contributed by atoms with E-state index in [1.807, 2.05) is 13.8 Å². The molecule has 1 heterocycles. The molecule has 1 N–H and O–H groups in total. The molecule has 6 heteroatoms. The van der Waals surface area contributed by atoms with Gasteiger partial charge >= 0.3 is 0 Å². The summed E-state index contributed by atoms with van der Waals surface area (Å²) >= 11 is 1.56. The van der Waals surface area contributed by atoms with Gasteiger partial charge in [0.05, 0.1) is 17.6 Å². The highest BCUT2D eigenvalue weighted by Gasteiger charge is 2.25. The molecule has 22 heavy (non-hydrogen) atoms. The van der Waals surface area contributed by atoms with Gasteiger partial charge in [-0.3, -0.25) is 4.79 Å². The van der Waals surface area contributed by atoms with Gasteiger partial charge in [-0.25, -0.2) is 4.98 Å². The van der Waals surface area contributed by atoms with Crippen molar-refractivity contribution >= 4 is 17.7 Å². The number of nitrogens with one attached hydrogen (secondary N) is 1. The van der Waals surface area contributed by atoms with Crippen LogP contribution in [0.5, 0.6) is 0 Å². The van der Waals surface area contributed by atoms with Gasteiger partial charge in [-0.2, -0.15) is 0 Å². The Hall–Kier alpha value is -1.01. The minimum Gasteiger partial charge on any atom is -0.383 e. The fourth-order valence-electron chi connectivity index (χ4n) is 2.90. The van der Waals surface area contributed by atoms with Crippen LogP contribution >= 0.6 is 11.8 Å². The van der Waals surface area contributed by atoms with Gasteiger partial charge in [0.1, 0.15) is 0 Å². The topological polar surface area (TPSA) is 56.1 Å². The van der Waals surface area contributed by atoms with Crippen LogP contribution in [0.15, 0.2) is 5.16 Å². The molecule has 0 saturated heterocycles. The Morgan fingerprint density at radius 3 is 2.77 bits per heavy atom. The number of thioether (sulfide) groups is 1. The molecule has 1 aliphatic carbocycles. The van der Waals surface area contributed by atoms with E-state index in [0.717, 1.165) is 10.9 Å². The summed E-state index contributed by atoms with van der Waals surface area (Å²) in [5.74, 6) is 0.0401. The Bertz CT molecular complexity index is 510. The van der Waals surface area contributed by atoms with Crippen LogP contribution < -0.4 is 5.32 Å². The first kappa shape index (κ1) is 17.3. The molecule has 124 valence electrons. The highest BCUT2D eigenvalue weighted by Crippen LogP contribution is 2.36. The molecule has 0 radical (unpaired) electrons. The Kier molecular flexibility index (Phi) is 6.32. The van der Waals surface area contributed by atoms with E-state index in [0.29, 0.717) is 19.2 Å². The molecule has 0 unspecified atom stereocenters. The number of rotatable bonds is 7. The molecule has 0 spiro atoms. The summed E-state index contributed by atoms with van der Waals surface area (Å²) in [6.45, 7) is 7.21. The second-order valence-electron chi connectivity index (χ2n) is 5.92. The van der Waals surface area contributed by atoms with Gasteiger partial charge in [-0.1, -0.05) is 24.6 Å². The zero-order chi connectivity index (χ0) is 16.1. The molecule has 1 aromatic rings. The molecule has 1 aromatic heterocycles. The van der Waals surface area contributed by atoms with Gasteiger partial charge in [0.25, 0.3) is 0 Å². The van der Waals surface area contributed by atoms with Crippen molar-refractivity contribution in [2.75, 3.05) is 20.3 Å². The number of imidazole rings is 1. The molecule has 2 rings (SSSR count). The number of nitrogens with zero attached hydrogens (tertiary/aromatic N) is 2. The Morgan fingerprint density at radius 1 is 1.45 bits per heavy atom. The Labute approximate surface area is 137 Å². The predicted molar refractivity (Wildman–Crippen MR) is 89.4 cm³/mol. The maximum Gasteiger partial charge on any atom is 0.233 e. The summed E-state index contributed by atoms with van der Waals surface area (Å²) in [7, 11) is 1.63. The van der Waals surface area contributed by atoms with Crippen LogP contribution in [0.25, 0.3) is 0 Å². The third kappa shape index (κ3) is 4.04. The maximum absolute atomic E-state index is 12.1. The van der Waals surface area contributed by atoms with E-state index in [2.05, 4.69) is 16.8 Å². The highest BCUT2D eigenvalue weighted by molar-refractivity contribution is 8.00. The first-order chi connectivity index (χ1) is 10.5. The smallest absolute Gasteiger partial charge is 0.233 e. The molecular formula is C16H27N3O2S. The number of aromatic nitrogens is 2. The van der Waals surface area contributed by atoms with Crippen LogP contribution in [0.3, 0.4) is 0 Å². The number of methoxy groups -OCH3 is 1. The lowest BCUT2D eigenvalue weighted by atomic mass is 10.2. The molecule has 1 saturated carbocycles. The Morgan fingerprint density at radius 2 is 2.14 bits per heavy atom. The van der Waals surface area contributed by atoms with E-state index in [-0.39, 0.29) is 11.2 Å². The molecule has 1 amide bonds. The van der Waals surface area contributed by atoms with Crippen molar-refractivity contribution < 1.29 is 9.53 Å². The molecular weight excluding hydrogens is 298 g/mol. The van der Waals surface area contributed by atoms with E-state index in [9.17, 15) is 4.79 Å². The number of carbonyl (C=O) groups excluding carboxylic acids is 1. The number of carbonyl (C=O) groups is 1. The first-order valence-corrected chi connectivity index (χ1v) is 8.91. The molecule has 5 nitrogen and oxygen atoms in total. The number of ether oxygens (including phenoxy) is 1. The zero-order valence-electron chi connectivity index (χ0n) is 14.0. The average Bonchev–Trinajstić information content (AvgIpc) is 3.08. The van der Waals surface area contributed by atoms with Crippen molar-refractivity contribution in [2.24, 2.45) is 0 Å². The van der Waals surface area contributed by atoms with Crippen LogP contribution in [-0.2, 0) is 9.53 Å². The number of amides is 1.